The summed E-state index contributed by atoms with van der Waals surface area (Å²) in [5.41, 5.74) is 1.26. The molecule has 1 unspecified atom stereocenters. The van der Waals surface area contributed by atoms with Crippen molar-refractivity contribution in [3.63, 3.8) is 0 Å². The number of hydrogen-bond donors (Lipinski definition) is 2. The number of aliphatic carboxylic acids is 1. The maximum absolute atomic E-state index is 11.1. The number of hydrogen-bond acceptors (Lipinski definition) is 3. The number of nitrogens with zero attached hydrogens (tertiary/aromatic N) is 1. The first-order valence-electron chi connectivity index (χ1n) is 8.28. The van der Waals surface area contributed by atoms with Gasteiger partial charge in [0.15, 0.2) is 0 Å². The molecule has 4 heteroatoms. The van der Waals surface area contributed by atoms with E-state index in [1.807, 2.05) is 6.07 Å². The van der Waals surface area contributed by atoms with Gasteiger partial charge in [-0.3, -0.25) is 9.69 Å². The van der Waals surface area contributed by atoms with Crippen LogP contribution in [0.3, 0.4) is 0 Å². The van der Waals surface area contributed by atoms with Gasteiger partial charge >= 0.3 is 5.97 Å². The lowest BCUT2D eigenvalue weighted by Crippen LogP contribution is -2.38. The standard InChI is InChI=1S/C19H23NO3/c1-2-18(20-9-7-13(8-10-20)19(22)23)16-4-3-15-12-17(21)6-5-14(15)11-16/h3-6,11-13,18,21H,2,7-10H2,1H3,(H,22,23). The molecule has 0 spiro atoms. The summed E-state index contributed by atoms with van der Waals surface area (Å²) in [5.74, 6) is -0.570. The number of rotatable bonds is 4. The number of aromatic hydroxyl groups is 1. The molecule has 4 nitrogen and oxygen atoms in total. The number of piperidine rings is 1. The highest BCUT2D eigenvalue weighted by atomic mass is 16.4. The minimum Gasteiger partial charge on any atom is -0.508 e. The largest absolute Gasteiger partial charge is 0.508 e. The normalized spacial score (nSPS) is 18.1. The summed E-state index contributed by atoms with van der Waals surface area (Å²) in [6.07, 6.45) is 2.46. The second kappa shape index (κ2) is 6.59. The molecule has 1 aliphatic rings. The first kappa shape index (κ1) is 15.8. The number of benzene rings is 2. The van der Waals surface area contributed by atoms with E-state index in [1.165, 1.54) is 5.56 Å². The number of likely N-dealkylation sites (tertiary alicyclic amines) is 1. The molecular formula is C19H23NO3. The third-order valence-corrected chi connectivity index (χ3v) is 4.94. The first-order chi connectivity index (χ1) is 11.1. The molecule has 0 aromatic heterocycles. The molecule has 0 saturated carbocycles. The van der Waals surface area contributed by atoms with Crippen molar-refractivity contribution in [3.05, 3.63) is 42.0 Å². The highest BCUT2D eigenvalue weighted by Crippen LogP contribution is 2.31. The van der Waals surface area contributed by atoms with Crippen molar-refractivity contribution in [1.29, 1.82) is 0 Å². The lowest BCUT2D eigenvalue weighted by atomic mass is 9.93. The fraction of sp³-hybridized carbons (Fsp3) is 0.421. The third kappa shape index (κ3) is 3.32. The van der Waals surface area contributed by atoms with Crippen LogP contribution >= 0.6 is 0 Å². The van der Waals surface area contributed by atoms with Gasteiger partial charge in [0.25, 0.3) is 0 Å². The van der Waals surface area contributed by atoms with E-state index in [1.54, 1.807) is 12.1 Å². The van der Waals surface area contributed by atoms with Gasteiger partial charge in [-0.15, -0.1) is 0 Å². The molecule has 1 aliphatic heterocycles. The zero-order valence-corrected chi connectivity index (χ0v) is 13.4. The van der Waals surface area contributed by atoms with Gasteiger partial charge in [-0.25, -0.2) is 0 Å². The lowest BCUT2D eigenvalue weighted by molar-refractivity contribution is -0.143. The van der Waals surface area contributed by atoms with Crippen LogP contribution in [0.25, 0.3) is 10.8 Å². The van der Waals surface area contributed by atoms with Crippen molar-refractivity contribution in [3.8, 4) is 5.75 Å². The van der Waals surface area contributed by atoms with Gasteiger partial charge in [0.05, 0.1) is 5.92 Å². The Hall–Kier alpha value is -2.07. The summed E-state index contributed by atoms with van der Waals surface area (Å²) in [4.78, 5) is 13.5. The van der Waals surface area contributed by atoms with Crippen LogP contribution in [-0.2, 0) is 4.79 Å². The number of phenols is 1. The molecule has 1 atom stereocenters. The van der Waals surface area contributed by atoms with Crippen molar-refractivity contribution in [2.75, 3.05) is 13.1 Å². The second-order valence-corrected chi connectivity index (χ2v) is 6.36. The minimum atomic E-state index is -0.664. The molecule has 3 rings (SSSR count). The third-order valence-electron chi connectivity index (χ3n) is 4.94. The van der Waals surface area contributed by atoms with Crippen LogP contribution < -0.4 is 0 Å². The Kier molecular flexibility index (Phi) is 4.53. The lowest BCUT2D eigenvalue weighted by Gasteiger charge is -2.36. The smallest absolute Gasteiger partial charge is 0.306 e. The first-order valence-corrected chi connectivity index (χ1v) is 8.28. The molecule has 2 aromatic carbocycles. The molecule has 1 saturated heterocycles. The highest BCUT2D eigenvalue weighted by Gasteiger charge is 2.28. The predicted molar refractivity (Wildman–Crippen MR) is 90.6 cm³/mol. The fourth-order valence-electron chi connectivity index (χ4n) is 3.62. The molecule has 1 heterocycles. The zero-order chi connectivity index (χ0) is 16.4. The molecule has 122 valence electrons. The monoisotopic (exact) mass is 313 g/mol. The Morgan fingerprint density at radius 2 is 1.83 bits per heavy atom. The average Bonchev–Trinajstić information content (AvgIpc) is 2.56. The van der Waals surface area contributed by atoms with Crippen LogP contribution in [0.1, 0.15) is 37.8 Å². The van der Waals surface area contributed by atoms with E-state index < -0.39 is 5.97 Å². The number of fused-ring (bicyclic) bond motifs is 1. The van der Waals surface area contributed by atoms with Crippen molar-refractivity contribution in [2.45, 2.75) is 32.2 Å². The van der Waals surface area contributed by atoms with E-state index in [9.17, 15) is 9.90 Å². The van der Waals surface area contributed by atoms with Gasteiger partial charge in [0.1, 0.15) is 5.75 Å². The Bertz CT molecular complexity index is 705. The molecule has 2 N–H and O–H groups in total. The highest BCUT2D eigenvalue weighted by molar-refractivity contribution is 5.84. The molecule has 23 heavy (non-hydrogen) atoms. The Morgan fingerprint density at radius 1 is 1.17 bits per heavy atom. The number of carboxylic acids is 1. The van der Waals surface area contributed by atoms with Crippen LogP contribution in [0.4, 0.5) is 0 Å². The summed E-state index contributed by atoms with van der Waals surface area (Å²) < 4.78 is 0. The quantitative estimate of drug-likeness (QED) is 0.901. The van der Waals surface area contributed by atoms with Gasteiger partial charge in [0.2, 0.25) is 0 Å². The van der Waals surface area contributed by atoms with Crippen LogP contribution in [0, 0.1) is 5.92 Å². The van der Waals surface area contributed by atoms with Crippen molar-refractivity contribution in [1.82, 2.24) is 4.90 Å². The van der Waals surface area contributed by atoms with Crippen molar-refractivity contribution >= 4 is 16.7 Å². The SMILES string of the molecule is CCC(c1ccc2cc(O)ccc2c1)N1CCC(C(=O)O)CC1. The van der Waals surface area contributed by atoms with E-state index in [4.69, 9.17) is 5.11 Å². The average molecular weight is 313 g/mol. The van der Waals surface area contributed by atoms with Gasteiger partial charge < -0.3 is 10.2 Å². The molecule has 0 amide bonds. The van der Waals surface area contributed by atoms with Crippen molar-refractivity contribution in [2.24, 2.45) is 5.92 Å². The zero-order valence-electron chi connectivity index (χ0n) is 13.4. The topological polar surface area (TPSA) is 60.8 Å². The Morgan fingerprint density at radius 3 is 2.48 bits per heavy atom. The number of carbonyl (C=O) groups is 1. The summed E-state index contributed by atoms with van der Waals surface area (Å²) in [6.45, 7) is 3.85. The molecule has 2 aromatic rings. The van der Waals surface area contributed by atoms with Gasteiger partial charge in [-0.1, -0.05) is 25.1 Å². The van der Waals surface area contributed by atoms with Crippen LogP contribution in [0.2, 0.25) is 0 Å². The summed E-state index contributed by atoms with van der Waals surface area (Å²) in [5, 5.41) is 20.9. The maximum atomic E-state index is 11.1. The van der Waals surface area contributed by atoms with E-state index in [2.05, 4.69) is 30.0 Å². The Balaban J connectivity index is 1.81. The molecule has 0 bridgehead atoms. The fourth-order valence-corrected chi connectivity index (χ4v) is 3.62. The van der Waals surface area contributed by atoms with E-state index in [0.29, 0.717) is 6.04 Å². The summed E-state index contributed by atoms with van der Waals surface area (Å²) in [6, 6.07) is 12.1. The van der Waals surface area contributed by atoms with E-state index in [-0.39, 0.29) is 11.7 Å². The van der Waals surface area contributed by atoms with Gasteiger partial charge in [0, 0.05) is 6.04 Å². The second-order valence-electron chi connectivity index (χ2n) is 6.36. The maximum Gasteiger partial charge on any atom is 0.306 e. The van der Waals surface area contributed by atoms with Crippen molar-refractivity contribution < 1.29 is 15.0 Å². The van der Waals surface area contributed by atoms with Gasteiger partial charge in [-0.2, -0.15) is 0 Å². The van der Waals surface area contributed by atoms with Gasteiger partial charge in [-0.05, 0) is 66.9 Å². The number of carboxylic acid groups (broad SMARTS) is 1. The number of phenolic OH excluding ortho intramolecular Hbond substituents is 1. The van der Waals surface area contributed by atoms with Crippen LogP contribution in [0.5, 0.6) is 5.75 Å². The van der Waals surface area contributed by atoms with Crippen LogP contribution in [0.15, 0.2) is 36.4 Å². The van der Waals surface area contributed by atoms with Crippen LogP contribution in [-0.4, -0.2) is 34.2 Å². The minimum absolute atomic E-state index is 0.191. The molecular weight excluding hydrogens is 290 g/mol. The van der Waals surface area contributed by atoms with E-state index >= 15 is 0 Å². The summed E-state index contributed by atoms with van der Waals surface area (Å²) in [7, 11) is 0. The predicted octanol–water partition coefficient (Wildman–Crippen LogP) is 3.79. The summed E-state index contributed by atoms with van der Waals surface area (Å²) >= 11 is 0. The molecule has 0 radical (unpaired) electrons. The Labute approximate surface area is 136 Å². The molecule has 0 aliphatic carbocycles. The van der Waals surface area contributed by atoms with E-state index in [0.717, 1.165) is 43.1 Å². The molecule has 1 fully saturated rings.